The number of nitrogens with zero attached hydrogens (tertiary/aromatic N) is 2. The Balaban J connectivity index is 1.38. The number of halogens is 1. The molecule has 6 rings (SSSR count). The third kappa shape index (κ3) is 3.12. The number of hydrogen-bond acceptors (Lipinski definition) is 5. The summed E-state index contributed by atoms with van der Waals surface area (Å²) in [7, 11) is 0. The van der Waals surface area contributed by atoms with Crippen LogP contribution in [0.2, 0.25) is 0 Å². The number of nitriles is 1. The van der Waals surface area contributed by atoms with E-state index in [0.717, 1.165) is 27.6 Å². The number of rotatable bonds is 5. The van der Waals surface area contributed by atoms with E-state index in [2.05, 4.69) is 39.0 Å². The normalized spacial score (nSPS) is 28.0. The van der Waals surface area contributed by atoms with E-state index in [1.54, 1.807) is 19.2 Å². The van der Waals surface area contributed by atoms with Gasteiger partial charge in [0.25, 0.3) is 0 Å². The molecule has 4 N–H and O–H groups in total. The molecule has 2 aromatic carbocycles. The van der Waals surface area contributed by atoms with Crippen LogP contribution in [0.4, 0.5) is 10.1 Å². The average Bonchev–Trinajstić information content (AvgIpc) is 3.61. The Morgan fingerprint density at radius 3 is 2.85 bits per heavy atom. The van der Waals surface area contributed by atoms with Crippen LogP contribution in [-0.4, -0.2) is 22.5 Å². The molecule has 2 heterocycles. The van der Waals surface area contributed by atoms with Crippen LogP contribution in [0, 0.1) is 40.3 Å². The van der Waals surface area contributed by atoms with Crippen LogP contribution in [0.5, 0.6) is 0 Å². The van der Waals surface area contributed by atoms with Gasteiger partial charge in [0.15, 0.2) is 0 Å². The zero-order valence-corrected chi connectivity index (χ0v) is 19.0. The summed E-state index contributed by atoms with van der Waals surface area (Å²) in [5.41, 5.74) is 5.27. The van der Waals surface area contributed by atoms with E-state index in [0.29, 0.717) is 34.9 Å². The van der Waals surface area contributed by atoms with E-state index >= 15 is 4.39 Å². The van der Waals surface area contributed by atoms with Crippen LogP contribution in [-0.2, 0) is 0 Å². The van der Waals surface area contributed by atoms with Crippen molar-refractivity contribution in [1.29, 1.82) is 10.7 Å². The Bertz CT molecular complexity index is 1330. The maximum absolute atomic E-state index is 15.3. The Kier molecular flexibility index (Phi) is 4.91. The van der Waals surface area contributed by atoms with Crippen LogP contribution in [0.3, 0.4) is 0 Å². The molecule has 7 heteroatoms. The van der Waals surface area contributed by atoms with Gasteiger partial charge in [-0.15, -0.1) is 0 Å². The monoisotopic (exact) mass is 454 g/mol. The molecule has 6 nitrogen and oxygen atoms in total. The summed E-state index contributed by atoms with van der Waals surface area (Å²) in [6.45, 7) is 1.77. The first-order valence-corrected chi connectivity index (χ1v) is 12.0. The SMILES string of the molecule is CC(C#N)N/C=C(\C=N)c1ccc(C2Nc3c(F)cc4[nH]ncc4c3C3C4CCC(C4)C23)cc1. The first-order chi connectivity index (χ1) is 16.6. The van der Waals surface area contributed by atoms with Gasteiger partial charge in [-0.3, -0.25) is 5.10 Å². The number of H-pyrrole nitrogens is 1. The van der Waals surface area contributed by atoms with Crippen LogP contribution in [0.25, 0.3) is 16.5 Å². The van der Waals surface area contributed by atoms with Crippen molar-refractivity contribution in [1.82, 2.24) is 15.5 Å². The second kappa shape index (κ2) is 7.98. The van der Waals surface area contributed by atoms with Gasteiger partial charge in [0, 0.05) is 29.4 Å². The van der Waals surface area contributed by atoms with E-state index in [4.69, 9.17) is 10.7 Å². The minimum absolute atomic E-state index is 0.0462. The van der Waals surface area contributed by atoms with E-state index in [-0.39, 0.29) is 17.9 Å². The largest absolute Gasteiger partial charge is 0.375 e. The molecule has 2 saturated carbocycles. The minimum atomic E-state index is -0.327. The number of fused-ring (bicyclic) bond motifs is 9. The number of aromatic amines is 1. The molecular weight excluding hydrogens is 427 g/mol. The lowest BCUT2D eigenvalue weighted by Crippen LogP contribution is -2.36. The van der Waals surface area contributed by atoms with Gasteiger partial charge >= 0.3 is 0 Å². The summed E-state index contributed by atoms with van der Waals surface area (Å²) in [6.07, 6.45) is 8.52. The van der Waals surface area contributed by atoms with Crippen LogP contribution in [0.15, 0.2) is 42.7 Å². The van der Waals surface area contributed by atoms with Gasteiger partial charge in [-0.2, -0.15) is 10.4 Å². The molecule has 172 valence electrons. The Morgan fingerprint density at radius 2 is 2.09 bits per heavy atom. The number of benzene rings is 2. The number of nitrogens with one attached hydrogen (secondary N) is 4. The fourth-order valence-corrected chi connectivity index (χ4v) is 6.72. The number of allylic oxidation sites excluding steroid dienone is 1. The predicted molar refractivity (Wildman–Crippen MR) is 131 cm³/mol. The maximum Gasteiger partial charge on any atom is 0.148 e. The summed E-state index contributed by atoms with van der Waals surface area (Å²) in [5, 5.41) is 31.6. The van der Waals surface area contributed by atoms with E-state index < -0.39 is 0 Å². The van der Waals surface area contributed by atoms with Gasteiger partial charge in [-0.25, -0.2) is 4.39 Å². The van der Waals surface area contributed by atoms with E-state index in [1.165, 1.54) is 25.5 Å². The topological polar surface area (TPSA) is 100 Å². The summed E-state index contributed by atoms with van der Waals surface area (Å²) in [5.74, 6) is 1.77. The molecule has 0 amide bonds. The van der Waals surface area contributed by atoms with Crippen molar-refractivity contribution in [2.75, 3.05) is 5.32 Å². The van der Waals surface area contributed by atoms with Crippen LogP contribution in [0.1, 0.15) is 54.8 Å². The first-order valence-electron chi connectivity index (χ1n) is 12.0. The molecule has 6 unspecified atom stereocenters. The highest BCUT2D eigenvalue weighted by atomic mass is 19.1. The lowest BCUT2D eigenvalue weighted by atomic mass is 9.67. The fourth-order valence-electron chi connectivity index (χ4n) is 6.72. The van der Waals surface area contributed by atoms with Crippen LogP contribution < -0.4 is 10.6 Å². The van der Waals surface area contributed by atoms with E-state index in [1.807, 2.05) is 18.3 Å². The van der Waals surface area contributed by atoms with Gasteiger partial charge in [-0.05, 0) is 66.5 Å². The molecule has 3 aromatic rings. The summed E-state index contributed by atoms with van der Waals surface area (Å²) in [4.78, 5) is 0. The Labute approximate surface area is 197 Å². The molecule has 2 fully saturated rings. The van der Waals surface area contributed by atoms with Crippen molar-refractivity contribution in [3.63, 3.8) is 0 Å². The summed E-state index contributed by atoms with van der Waals surface area (Å²) < 4.78 is 15.3. The molecular formula is C27H27FN6. The average molecular weight is 455 g/mol. The van der Waals surface area contributed by atoms with Crippen LogP contribution >= 0.6 is 0 Å². The molecule has 6 atom stereocenters. The minimum Gasteiger partial charge on any atom is -0.375 e. The molecule has 1 aromatic heterocycles. The highest BCUT2D eigenvalue weighted by molar-refractivity contribution is 6.08. The number of anilines is 1. The standard InChI is InChI=1S/C27H27FN6/c1-14(10-29)31-12-19(11-30)15-2-4-16(5-3-15)26-24-18-7-6-17(8-18)23(24)25-20-13-32-34-22(20)9-21(28)27(25)33-26/h2-5,9,11-14,17-18,23-24,26,30-31,33H,6-8H2,1H3,(H,32,34)/b19-12+,30-11?. The zero-order chi connectivity index (χ0) is 23.4. The van der Waals surface area contributed by atoms with Gasteiger partial charge in [0.1, 0.15) is 11.9 Å². The Hall–Kier alpha value is -3.66. The second-order valence-corrected chi connectivity index (χ2v) is 9.92. The van der Waals surface area contributed by atoms with Gasteiger partial charge in [-0.1, -0.05) is 24.3 Å². The molecule has 34 heavy (non-hydrogen) atoms. The third-order valence-corrected chi connectivity index (χ3v) is 8.18. The van der Waals surface area contributed by atoms with Gasteiger partial charge in [0.2, 0.25) is 0 Å². The lowest BCUT2D eigenvalue weighted by molar-refractivity contribution is 0.247. The molecule has 2 bridgehead atoms. The molecule has 3 aliphatic rings. The van der Waals surface area contributed by atoms with Crippen molar-refractivity contribution >= 4 is 28.4 Å². The smallest absolute Gasteiger partial charge is 0.148 e. The van der Waals surface area contributed by atoms with E-state index in [9.17, 15) is 0 Å². The number of hydrogen-bond donors (Lipinski definition) is 4. The Morgan fingerprint density at radius 1 is 1.29 bits per heavy atom. The summed E-state index contributed by atoms with van der Waals surface area (Å²) >= 11 is 0. The third-order valence-electron chi connectivity index (χ3n) is 8.18. The second-order valence-electron chi connectivity index (χ2n) is 9.92. The maximum atomic E-state index is 15.3. The van der Waals surface area contributed by atoms with Crippen molar-refractivity contribution in [3.05, 3.63) is 65.2 Å². The van der Waals surface area contributed by atoms with Gasteiger partial charge in [0.05, 0.1) is 29.5 Å². The fraction of sp³-hybridized carbons (Fsp3) is 0.370. The highest BCUT2D eigenvalue weighted by Crippen LogP contribution is 2.64. The predicted octanol–water partition coefficient (Wildman–Crippen LogP) is 5.49. The van der Waals surface area contributed by atoms with Crippen molar-refractivity contribution in [3.8, 4) is 6.07 Å². The summed E-state index contributed by atoms with van der Waals surface area (Å²) in [6, 6.07) is 11.6. The van der Waals surface area contributed by atoms with Crippen molar-refractivity contribution in [2.24, 2.45) is 17.8 Å². The first kappa shape index (κ1) is 20.9. The molecule has 2 aliphatic carbocycles. The quantitative estimate of drug-likeness (QED) is 0.383. The molecule has 0 saturated heterocycles. The zero-order valence-electron chi connectivity index (χ0n) is 19.0. The molecule has 0 spiro atoms. The molecule has 0 radical (unpaired) electrons. The lowest BCUT2D eigenvalue weighted by Gasteiger charge is -2.44. The van der Waals surface area contributed by atoms with Crippen molar-refractivity contribution in [2.45, 2.75) is 44.2 Å². The van der Waals surface area contributed by atoms with Gasteiger partial charge < -0.3 is 16.0 Å². The molecule has 1 aliphatic heterocycles. The van der Waals surface area contributed by atoms with Crippen molar-refractivity contribution < 1.29 is 4.39 Å². The number of aromatic nitrogens is 2. The highest BCUT2D eigenvalue weighted by Gasteiger charge is 2.54.